The standard InChI is InChI=1S/C27H27N5O2S/c1-17-13-18(2)32(30-17)22-8-6-20(7-9-22)27(34)31-11-10-23-21(16-31)14-28-19(3)24(23)15-29-26(33)25-5-4-12-35-25/h4-9,12-14H,10-11,15-16H2,1-3H3,(H,29,33). The summed E-state index contributed by atoms with van der Waals surface area (Å²) >= 11 is 1.43. The first kappa shape index (κ1) is 23.0. The molecule has 1 aromatic carbocycles. The van der Waals surface area contributed by atoms with E-state index in [1.807, 2.05) is 84.4 Å². The molecule has 0 aliphatic carbocycles. The molecule has 178 valence electrons. The third kappa shape index (κ3) is 4.61. The van der Waals surface area contributed by atoms with Crippen LogP contribution in [0.3, 0.4) is 0 Å². The Kier molecular flexibility index (Phi) is 6.21. The number of rotatable bonds is 5. The van der Waals surface area contributed by atoms with Crippen LogP contribution < -0.4 is 5.32 Å². The fourth-order valence-corrected chi connectivity index (χ4v) is 5.25. The number of nitrogens with zero attached hydrogens (tertiary/aromatic N) is 4. The van der Waals surface area contributed by atoms with Crippen molar-refractivity contribution in [1.82, 2.24) is 25.0 Å². The summed E-state index contributed by atoms with van der Waals surface area (Å²) < 4.78 is 1.88. The van der Waals surface area contributed by atoms with E-state index in [1.54, 1.807) is 0 Å². The summed E-state index contributed by atoms with van der Waals surface area (Å²) in [4.78, 5) is 32.8. The van der Waals surface area contributed by atoms with Crippen molar-refractivity contribution in [2.24, 2.45) is 0 Å². The highest BCUT2D eigenvalue weighted by Gasteiger charge is 2.25. The Bertz CT molecular complexity index is 1390. The van der Waals surface area contributed by atoms with Gasteiger partial charge in [-0.15, -0.1) is 11.3 Å². The molecule has 0 spiro atoms. The van der Waals surface area contributed by atoms with Gasteiger partial charge in [0.25, 0.3) is 11.8 Å². The van der Waals surface area contributed by atoms with E-state index in [2.05, 4.69) is 15.4 Å². The molecule has 8 heteroatoms. The lowest BCUT2D eigenvalue weighted by atomic mass is 9.94. The molecule has 1 aliphatic heterocycles. The largest absolute Gasteiger partial charge is 0.347 e. The normalized spacial score (nSPS) is 12.9. The Balaban J connectivity index is 1.30. The topological polar surface area (TPSA) is 80.1 Å². The molecule has 0 bridgehead atoms. The second-order valence-electron chi connectivity index (χ2n) is 8.85. The molecule has 0 atom stereocenters. The summed E-state index contributed by atoms with van der Waals surface area (Å²) in [5.41, 5.74) is 7.79. The van der Waals surface area contributed by atoms with Gasteiger partial charge in [0.2, 0.25) is 0 Å². The Morgan fingerprint density at radius 2 is 1.91 bits per heavy atom. The van der Waals surface area contributed by atoms with Gasteiger partial charge in [-0.1, -0.05) is 6.07 Å². The van der Waals surface area contributed by atoms with E-state index < -0.39 is 0 Å². The van der Waals surface area contributed by atoms with Crippen molar-refractivity contribution in [2.75, 3.05) is 6.54 Å². The molecule has 0 saturated carbocycles. The predicted octanol–water partition coefficient (Wildman–Crippen LogP) is 4.38. The third-order valence-electron chi connectivity index (χ3n) is 6.42. The van der Waals surface area contributed by atoms with Crippen LogP contribution in [0.5, 0.6) is 0 Å². The van der Waals surface area contributed by atoms with Crippen LogP contribution in [0.25, 0.3) is 5.69 Å². The first-order chi connectivity index (χ1) is 16.9. The predicted molar refractivity (Wildman–Crippen MR) is 136 cm³/mol. The highest BCUT2D eigenvalue weighted by Crippen LogP contribution is 2.25. The van der Waals surface area contributed by atoms with Crippen molar-refractivity contribution in [1.29, 1.82) is 0 Å². The molecule has 0 saturated heterocycles. The van der Waals surface area contributed by atoms with Crippen LogP contribution >= 0.6 is 11.3 Å². The molecule has 35 heavy (non-hydrogen) atoms. The summed E-state index contributed by atoms with van der Waals surface area (Å²) in [5, 5.41) is 9.43. The van der Waals surface area contributed by atoms with E-state index in [0.29, 0.717) is 30.1 Å². The number of hydrogen-bond donors (Lipinski definition) is 1. The van der Waals surface area contributed by atoms with Crippen LogP contribution in [-0.4, -0.2) is 38.0 Å². The molecule has 0 fully saturated rings. The Hall–Kier alpha value is -3.78. The number of hydrogen-bond acceptors (Lipinski definition) is 5. The number of pyridine rings is 1. The van der Waals surface area contributed by atoms with Gasteiger partial charge in [-0.25, -0.2) is 4.68 Å². The monoisotopic (exact) mass is 485 g/mol. The lowest BCUT2D eigenvalue weighted by Crippen LogP contribution is -2.37. The van der Waals surface area contributed by atoms with Crippen molar-refractivity contribution in [2.45, 2.75) is 40.3 Å². The van der Waals surface area contributed by atoms with Gasteiger partial charge in [0.15, 0.2) is 0 Å². The van der Waals surface area contributed by atoms with Crippen LogP contribution in [0.4, 0.5) is 0 Å². The number of amides is 2. The average molecular weight is 486 g/mol. The molecule has 0 unspecified atom stereocenters. The highest BCUT2D eigenvalue weighted by atomic mass is 32.1. The fourth-order valence-electron chi connectivity index (χ4n) is 4.61. The fraction of sp³-hybridized carbons (Fsp3) is 0.259. The lowest BCUT2D eigenvalue weighted by molar-refractivity contribution is 0.0734. The average Bonchev–Trinajstić information content (AvgIpc) is 3.52. The second-order valence-corrected chi connectivity index (χ2v) is 9.80. The molecule has 7 nitrogen and oxygen atoms in total. The molecule has 3 aromatic heterocycles. The number of fused-ring (bicyclic) bond motifs is 1. The lowest BCUT2D eigenvalue weighted by Gasteiger charge is -2.30. The van der Waals surface area contributed by atoms with Crippen LogP contribution in [0.1, 0.15) is 53.8 Å². The number of aromatic nitrogens is 3. The molecule has 0 radical (unpaired) electrons. The zero-order valence-electron chi connectivity index (χ0n) is 20.0. The summed E-state index contributed by atoms with van der Waals surface area (Å²) in [6.45, 7) is 7.51. The van der Waals surface area contributed by atoms with Gasteiger partial charge < -0.3 is 10.2 Å². The van der Waals surface area contributed by atoms with Gasteiger partial charge >= 0.3 is 0 Å². The first-order valence-electron chi connectivity index (χ1n) is 11.6. The van der Waals surface area contributed by atoms with Gasteiger partial charge in [0, 0.05) is 42.8 Å². The van der Waals surface area contributed by atoms with Crippen LogP contribution in [0.15, 0.2) is 54.0 Å². The van der Waals surface area contributed by atoms with Crippen LogP contribution in [0.2, 0.25) is 0 Å². The summed E-state index contributed by atoms with van der Waals surface area (Å²) in [5.74, 6) is -0.0720. The molecular formula is C27H27N5O2S. The van der Waals surface area contributed by atoms with Crippen molar-refractivity contribution in [3.05, 3.63) is 98.3 Å². The number of thiophene rings is 1. The quantitative estimate of drug-likeness (QED) is 0.455. The first-order valence-corrected chi connectivity index (χ1v) is 12.5. The van der Waals surface area contributed by atoms with E-state index in [-0.39, 0.29) is 11.8 Å². The Morgan fingerprint density at radius 3 is 2.60 bits per heavy atom. The number of benzene rings is 1. The van der Waals surface area contributed by atoms with Crippen LogP contribution in [0, 0.1) is 20.8 Å². The minimum absolute atomic E-state index is 0.00342. The zero-order chi connectivity index (χ0) is 24.5. The van der Waals surface area contributed by atoms with Crippen molar-refractivity contribution >= 4 is 23.2 Å². The minimum Gasteiger partial charge on any atom is -0.347 e. The van der Waals surface area contributed by atoms with E-state index in [4.69, 9.17) is 0 Å². The number of nitrogens with one attached hydrogen (secondary N) is 1. The van der Waals surface area contributed by atoms with Gasteiger partial charge in [0.1, 0.15) is 0 Å². The van der Waals surface area contributed by atoms with Gasteiger partial charge in [-0.2, -0.15) is 5.10 Å². The van der Waals surface area contributed by atoms with Crippen LogP contribution in [-0.2, 0) is 19.5 Å². The molecule has 1 N–H and O–H groups in total. The molecule has 4 heterocycles. The van der Waals surface area contributed by atoms with Gasteiger partial charge in [-0.05, 0) is 85.7 Å². The van der Waals surface area contributed by atoms with Crippen molar-refractivity contribution in [3.63, 3.8) is 0 Å². The zero-order valence-corrected chi connectivity index (χ0v) is 20.9. The van der Waals surface area contributed by atoms with E-state index >= 15 is 0 Å². The summed E-state index contributed by atoms with van der Waals surface area (Å²) in [6.07, 6.45) is 2.60. The maximum atomic E-state index is 13.3. The SMILES string of the molecule is Cc1cc(C)n(-c2ccc(C(=O)N3CCc4c(cnc(C)c4CNC(=O)c4cccs4)C3)cc2)n1. The summed E-state index contributed by atoms with van der Waals surface area (Å²) in [6, 6.07) is 13.3. The number of carbonyl (C=O) groups is 2. The second kappa shape index (κ2) is 9.46. The molecular weight excluding hydrogens is 458 g/mol. The van der Waals surface area contributed by atoms with Gasteiger partial charge in [0.05, 0.1) is 16.3 Å². The van der Waals surface area contributed by atoms with Crippen molar-refractivity contribution < 1.29 is 9.59 Å². The molecule has 1 aliphatic rings. The smallest absolute Gasteiger partial charge is 0.261 e. The van der Waals surface area contributed by atoms with E-state index in [0.717, 1.165) is 40.3 Å². The van der Waals surface area contributed by atoms with E-state index in [9.17, 15) is 9.59 Å². The molecule has 2 amide bonds. The summed E-state index contributed by atoms with van der Waals surface area (Å²) in [7, 11) is 0. The number of aryl methyl sites for hydroxylation is 3. The molecule has 5 rings (SSSR count). The highest BCUT2D eigenvalue weighted by molar-refractivity contribution is 7.12. The maximum Gasteiger partial charge on any atom is 0.261 e. The van der Waals surface area contributed by atoms with E-state index in [1.165, 1.54) is 16.9 Å². The Morgan fingerprint density at radius 1 is 1.11 bits per heavy atom. The third-order valence-corrected chi connectivity index (χ3v) is 7.29. The van der Waals surface area contributed by atoms with Crippen molar-refractivity contribution in [3.8, 4) is 5.69 Å². The maximum absolute atomic E-state index is 13.3. The Labute approximate surface area is 208 Å². The molecule has 4 aromatic rings. The van der Waals surface area contributed by atoms with Gasteiger partial charge in [-0.3, -0.25) is 14.6 Å². The minimum atomic E-state index is -0.0754. The number of carbonyl (C=O) groups excluding carboxylic acids is 2.